The first-order chi connectivity index (χ1) is 40.6. The fourth-order valence-corrected chi connectivity index (χ4v) is 11.3. The van der Waals surface area contributed by atoms with Gasteiger partial charge in [0.05, 0.1) is 26.4 Å². The van der Waals surface area contributed by atoms with Crippen LogP contribution in [0.25, 0.3) is 0 Å². The van der Waals surface area contributed by atoms with Gasteiger partial charge in [0.25, 0.3) is 0 Å². The number of unbranched alkanes of at least 4 members (excludes halogenated alkanes) is 36. The molecule has 84 heavy (non-hydrogen) atoms. The molecule has 0 aromatic rings. The van der Waals surface area contributed by atoms with E-state index in [1.54, 1.807) is 0 Å². The number of carbonyl (C=O) groups is 4. The highest BCUT2D eigenvalue weighted by Gasteiger charge is 2.30. The van der Waals surface area contributed by atoms with E-state index < -0.39 is 97.5 Å². The fraction of sp³-hybridized carbons (Fsp3) is 0.938. The molecule has 0 rings (SSSR count). The summed E-state index contributed by atoms with van der Waals surface area (Å²) in [5.41, 5.74) is 0. The van der Waals surface area contributed by atoms with Gasteiger partial charge in [-0.05, 0) is 31.6 Å². The molecule has 0 heterocycles. The molecule has 0 saturated heterocycles. The molecule has 3 unspecified atom stereocenters. The molecule has 0 aliphatic heterocycles. The standard InChI is InChI=1S/C65H126O17P2/c1-6-10-13-16-17-18-19-20-21-22-26-29-32-35-40-44-49-63(68)76-55-61(82-65(70)51-46-41-36-33-30-27-24-23-25-28-31-34-39-42-47-58(5)9-4)57-80-84(73,74)78-53-59(66)52-77-83(71,72)79-56-60(81-64(69)50-45-38-15-12-8-3)54-75-62(67)48-43-37-14-11-7-2/h58-61,66H,6-57H2,1-5H3,(H,71,72)(H,73,74)/t58?,59-,60+,61+/m0/s1. The number of phosphoric acid groups is 2. The summed E-state index contributed by atoms with van der Waals surface area (Å²) < 4.78 is 67.6. The first-order valence-electron chi connectivity index (χ1n) is 34.2. The van der Waals surface area contributed by atoms with Crippen LogP contribution in [0.4, 0.5) is 0 Å². The highest BCUT2D eigenvalue weighted by Crippen LogP contribution is 2.45. The van der Waals surface area contributed by atoms with E-state index in [1.807, 2.05) is 0 Å². The van der Waals surface area contributed by atoms with Crippen LogP contribution in [0, 0.1) is 5.92 Å². The molecule has 17 nitrogen and oxygen atoms in total. The normalized spacial score (nSPS) is 14.5. The summed E-state index contributed by atoms with van der Waals surface area (Å²) in [5, 5.41) is 10.5. The summed E-state index contributed by atoms with van der Waals surface area (Å²) in [6.07, 6.45) is 43.9. The van der Waals surface area contributed by atoms with E-state index in [9.17, 15) is 43.2 Å². The van der Waals surface area contributed by atoms with Crippen molar-refractivity contribution in [2.75, 3.05) is 39.6 Å². The van der Waals surface area contributed by atoms with Crippen LogP contribution < -0.4 is 0 Å². The molecule has 0 aliphatic rings. The molecular weight excluding hydrogens is 1110 g/mol. The highest BCUT2D eigenvalue weighted by molar-refractivity contribution is 7.47. The Kier molecular flexibility index (Phi) is 57.4. The van der Waals surface area contributed by atoms with Crippen LogP contribution in [0.1, 0.15) is 330 Å². The smallest absolute Gasteiger partial charge is 0.462 e. The number of carbonyl (C=O) groups excluding carboxylic acids is 4. The Morgan fingerprint density at radius 3 is 0.845 bits per heavy atom. The number of hydrogen-bond donors (Lipinski definition) is 3. The molecule has 6 atom stereocenters. The van der Waals surface area contributed by atoms with Gasteiger partial charge in [0, 0.05) is 25.7 Å². The SMILES string of the molecule is CCCCCCCCCCCCCCCCCCC(=O)OC[C@H](COP(=O)(O)OC[C@@H](O)COP(=O)(O)OC[C@@H](COC(=O)CCCCCCC)OC(=O)CCCCCCC)OC(=O)CCCCCCCCCCCCCCCCC(C)CC. The fourth-order valence-electron chi connectivity index (χ4n) is 9.73. The quantitative estimate of drug-likeness (QED) is 0.0222. The van der Waals surface area contributed by atoms with E-state index in [-0.39, 0.29) is 25.7 Å². The van der Waals surface area contributed by atoms with Gasteiger partial charge in [-0.3, -0.25) is 37.3 Å². The molecule has 0 bridgehead atoms. The lowest BCUT2D eigenvalue weighted by Crippen LogP contribution is -2.30. The Balaban J connectivity index is 5.08. The molecule has 0 spiro atoms. The van der Waals surface area contributed by atoms with Crippen molar-refractivity contribution in [3.8, 4) is 0 Å². The number of hydrogen-bond acceptors (Lipinski definition) is 15. The molecule has 0 aromatic carbocycles. The summed E-state index contributed by atoms with van der Waals surface area (Å²) in [5.74, 6) is -1.31. The zero-order valence-corrected chi connectivity index (χ0v) is 55.8. The first-order valence-corrected chi connectivity index (χ1v) is 37.2. The van der Waals surface area contributed by atoms with Gasteiger partial charge in [-0.15, -0.1) is 0 Å². The van der Waals surface area contributed by atoms with Crippen molar-refractivity contribution in [2.24, 2.45) is 5.92 Å². The third kappa shape index (κ3) is 57.8. The topological polar surface area (TPSA) is 237 Å². The molecule has 0 fully saturated rings. The lowest BCUT2D eigenvalue weighted by atomic mass is 9.99. The minimum absolute atomic E-state index is 0.0990. The monoisotopic (exact) mass is 1240 g/mol. The van der Waals surface area contributed by atoms with Crippen molar-refractivity contribution in [1.29, 1.82) is 0 Å². The number of rotatable bonds is 65. The zero-order chi connectivity index (χ0) is 62.0. The Morgan fingerprint density at radius 1 is 0.333 bits per heavy atom. The van der Waals surface area contributed by atoms with Gasteiger partial charge < -0.3 is 33.8 Å². The van der Waals surface area contributed by atoms with Crippen molar-refractivity contribution in [1.82, 2.24) is 0 Å². The number of ether oxygens (including phenoxy) is 4. The Hall–Kier alpha value is -1.94. The third-order valence-corrected chi connectivity index (χ3v) is 17.3. The van der Waals surface area contributed by atoms with Crippen LogP contribution >= 0.6 is 15.6 Å². The molecular formula is C65H126O17P2. The number of phosphoric ester groups is 2. The molecule has 0 saturated carbocycles. The molecule has 0 aromatic heterocycles. The van der Waals surface area contributed by atoms with Gasteiger partial charge >= 0.3 is 39.5 Å². The van der Waals surface area contributed by atoms with Gasteiger partial charge in [-0.1, -0.05) is 279 Å². The van der Waals surface area contributed by atoms with Gasteiger partial charge in [-0.25, -0.2) is 9.13 Å². The van der Waals surface area contributed by atoms with Gasteiger partial charge in [0.1, 0.15) is 19.3 Å². The van der Waals surface area contributed by atoms with Crippen LogP contribution in [-0.2, 0) is 65.4 Å². The van der Waals surface area contributed by atoms with E-state index in [0.29, 0.717) is 25.7 Å². The summed E-state index contributed by atoms with van der Waals surface area (Å²) in [6.45, 7) is 7.08. The van der Waals surface area contributed by atoms with Crippen molar-refractivity contribution in [3.63, 3.8) is 0 Å². The second-order valence-electron chi connectivity index (χ2n) is 23.7. The molecule has 3 N–H and O–H groups in total. The van der Waals surface area contributed by atoms with Crippen LogP contribution in [0.5, 0.6) is 0 Å². The summed E-state index contributed by atoms with van der Waals surface area (Å²) in [4.78, 5) is 71.7. The third-order valence-electron chi connectivity index (χ3n) is 15.4. The molecule has 0 aliphatic carbocycles. The van der Waals surface area contributed by atoms with Gasteiger partial charge in [0.2, 0.25) is 0 Å². The van der Waals surface area contributed by atoms with Crippen molar-refractivity contribution in [2.45, 2.75) is 348 Å². The van der Waals surface area contributed by atoms with E-state index in [2.05, 4.69) is 34.6 Å². The Labute approximate surface area is 511 Å². The Morgan fingerprint density at radius 2 is 0.571 bits per heavy atom. The zero-order valence-electron chi connectivity index (χ0n) is 54.0. The largest absolute Gasteiger partial charge is 0.472 e. The first kappa shape index (κ1) is 82.1. The molecule has 498 valence electrons. The number of aliphatic hydroxyl groups is 1. The van der Waals surface area contributed by atoms with Crippen LogP contribution in [0.2, 0.25) is 0 Å². The van der Waals surface area contributed by atoms with Crippen LogP contribution in [0.3, 0.4) is 0 Å². The molecule has 19 heteroatoms. The predicted molar refractivity (Wildman–Crippen MR) is 335 cm³/mol. The maximum absolute atomic E-state index is 13.0. The average molecular weight is 1240 g/mol. The van der Waals surface area contributed by atoms with Crippen LogP contribution in [-0.4, -0.2) is 96.7 Å². The van der Waals surface area contributed by atoms with Crippen molar-refractivity contribution < 1.29 is 80.2 Å². The second kappa shape index (κ2) is 58.7. The van der Waals surface area contributed by atoms with Crippen molar-refractivity contribution in [3.05, 3.63) is 0 Å². The summed E-state index contributed by atoms with van der Waals surface area (Å²) in [7, 11) is -9.87. The van der Waals surface area contributed by atoms with E-state index in [4.69, 9.17) is 37.0 Å². The van der Waals surface area contributed by atoms with E-state index >= 15 is 0 Å². The highest BCUT2D eigenvalue weighted by atomic mass is 31.2. The summed E-state index contributed by atoms with van der Waals surface area (Å²) in [6, 6.07) is 0. The lowest BCUT2D eigenvalue weighted by Gasteiger charge is -2.21. The molecule has 0 radical (unpaired) electrons. The van der Waals surface area contributed by atoms with Crippen LogP contribution in [0.15, 0.2) is 0 Å². The lowest BCUT2D eigenvalue weighted by molar-refractivity contribution is -0.161. The number of aliphatic hydroxyl groups excluding tert-OH is 1. The number of esters is 4. The maximum Gasteiger partial charge on any atom is 0.472 e. The average Bonchev–Trinajstić information content (AvgIpc) is 3.59. The van der Waals surface area contributed by atoms with E-state index in [0.717, 1.165) is 102 Å². The maximum atomic E-state index is 13.0. The van der Waals surface area contributed by atoms with Gasteiger partial charge in [0.15, 0.2) is 12.2 Å². The Bertz CT molecular complexity index is 1640. The minimum atomic E-state index is -4.94. The van der Waals surface area contributed by atoms with Gasteiger partial charge in [-0.2, -0.15) is 0 Å². The second-order valence-corrected chi connectivity index (χ2v) is 26.7. The summed E-state index contributed by atoms with van der Waals surface area (Å²) >= 11 is 0. The minimum Gasteiger partial charge on any atom is -0.462 e. The van der Waals surface area contributed by atoms with E-state index in [1.165, 1.54) is 148 Å². The molecule has 0 amide bonds. The predicted octanol–water partition coefficient (Wildman–Crippen LogP) is 18.2. The van der Waals surface area contributed by atoms with Crippen molar-refractivity contribution >= 4 is 39.5 Å².